The minimum atomic E-state index is 0.371. The average molecular weight is 232 g/mol. The first-order valence-electron chi connectivity index (χ1n) is 5.34. The lowest BCUT2D eigenvalue weighted by Crippen LogP contribution is -1.90. The number of aromatic nitrogens is 1. The van der Waals surface area contributed by atoms with Crippen LogP contribution in [0.25, 0.3) is 11.3 Å². The van der Waals surface area contributed by atoms with E-state index in [0.29, 0.717) is 23.9 Å². The summed E-state index contributed by atoms with van der Waals surface area (Å²) < 4.78 is 16.0. The average Bonchev–Trinajstić information content (AvgIpc) is 2.95. The summed E-state index contributed by atoms with van der Waals surface area (Å²) in [7, 11) is 1.62. The van der Waals surface area contributed by atoms with Crippen LogP contribution in [0.5, 0.6) is 11.5 Å². The third-order valence-electron chi connectivity index (χ3n) is 2.78. The molecule has 17 heavy (non-hydrogen) atoms. The number of hydrogen-bond acceptors (Lipinski definition) is 5. The summed E-state index contributed by atoms with van der Waals surface area (Å²) in [6, 6.07) is 5.58. The van der Waals surface area contributed by atoms with Crippen molar-refractivity contribution >= 4 is 5.82 Å². The maximum Gasteiger partial charge on any atom is 0.169 e. The fourth-order valence-electron chi connectivity index (χ4n) is 1.99. The minimum Gasteiger partial charge on any atom is -0.493 e. The molecule has 1 aromatic carbocycles. The van der Waals surface area contributed by atoms with E-state index >= 15 is 0 Å². The molecule has 2 N–H and O–H groups in total. The molecule has 0 aliphatic carbocycles. The molecule has 3 rings (SSSR count). The van der Waals surface area contributed by atoms with Gasteiger partial charge in [-0.15, -0.1) is 0 Å². The predicted octanol–water partition coefficient (Wildman–Crippen LogP) is 1.87. The van der Waals surface area contributed by atoms with E-state index in [0.717, 1.165) is 23.3 Å². The molecular weight excluding hydrogens is 220 g/mol. The molecule has 2 heterocycles. The number of benzene rings is 1. The third kappa shape index (κ3) is 1.60. The van der Waals surface area contributed by atoms with Crippen LogP contribution in [-0.2, 0) is 6.42 Å². The maximum absolute atomic E-state index is 5.54. The molecule has 0 saturated heterocycles. The Morgan fingerprint density at radius 1 is 1.35 bits per heavy atom. The van der Waals surface area contributed by atoms with E-state index in [1.807, 2.05) is 12.1 Å². The lowest BCUT2D eigenvalue weighted by Gasteiger charge is -2.08. The molecule has 5 heteroatoms. The van der Waals surface area contributed by atoms with E-state index in [-0.39, 0.29) is 0 Å². The summed E-state index contributed by atoms with van der Waals surface area (Å²) >= 11 is 0. The number of nitrogens with two attached hydrogens (primary N) is 1. The van der Waals surface area contributed by atoms with E-state index in [1.165, 1.54) is 0 Å². The molecule has 2 aromatic rings. The highest BCUT2D eigenvalue weighted by Crippen LogP contribution is 2.39. The molecular formula is C12H12N2O3. The second-order valence-electron chi connectivity index (χ2n) is 3.88. The lowest BCUT2D eigenvalue weighted by atomic mass is 10.1. The second-order valence-corrected chi connectivity index (χ2v) is 3.88. The van der Waals surface area contributed by atoms with Crippen molar-refractivity contribution in [1.29, 1.82) is 0 Å². The molecule has 5 nitrogen and oxygen atoms in total. The smallest absolute Gasteiger partial charge is 0.169 e. The van der Waals surface area contributed by atoms with Gasteiger partial charge in [0.1, 0.15) is 0 Å². The Balaban J connectivity index is 2.12. The van der Waals surface area contributed by atoms with Crippen LogP contribution in [0.15, 0.2) is 22.7 Å². The number of fused-ring (bicyclic) bond motifs is 1. The predicted molar refractivity (Wildman–Crippen MR) is 62.1 cm³/mol. The first-order valence-corrected chi connectivity index (χ1v) is 5.34. The van der Waals surface area contributed by atoms with Crippen LogP contribution in [0, 0.1) is 0 Å². The van der Waals surface area contributed by atoms with Gasteiger partial charge in [0, 0.05) is 23.6 Å². The Morgan fingerprint density at radius 3 is 2.94 bits per heavy atom. The molecule has 1 aliphatic rings. The third-order valence-corrected chi connectivity index (χ3v) is 2.78. The largest absolute Gasteiger partial charge is 0.493 e. The standard InChI is InChI=1S/C12H12N2O3/c1-15-10-5-8(9-6-11(13)14-17-9)4-7-2-3-16-12(7)10/h4-6H,2-3H2,1H3,(H2,13,14). The van der Waals surface area contributed by atoms with Crippen LogP contribution in [-0.4, -0.2) is 18.9 Å². The summed E-state index contributed by atoms with van der Waals surface area (Å²) in [6.45, 7) is 0.688. The highest BCUT2D eigenvalue weighted by molar-refractivity contribution is 5.67. The number of anilines is 1. The molecule has 1 aliphatic heterocycles. The first-order chi connectivity index (χ1) is 8.28. The minimum absolute atomic E-state index is 0.371. The fraction of sp³-hybridized carbons (Fsp3) is 0.250. The van der Waals surface area contributed by atoms with Crippen LogP contribution in [0.1, 0.15) is 5.56 Å². The number of nitrogen functional groups attached to an aromatic ring is 1. The zero-order valence-corrected chi connectivity index (χ0v) is 9.40. The summed E-state index contributed by atoms with van der Waals surface area (Å²) in [5.74, 6) is 2.54. The van der Waals surface area contributed by atoms with Crippen molar-refractivity contribution < 1.29 is 14.0 Å². The van der Waals surface area contributed by atoms with Crippen molar-refractivity contribution in [2.45, 2.75) is 6.42 Å². The van der Waals surface area contributed by atoms with Gasteiger partial charge in [0.2, 0.25) is 0 Å². The fourth-order valence-corrected chi connectivity index (χ4v) is 1.99. The van der Waals surface area contributed by atoms with Gasteiger partial charge >= 0.3 is 0 Å². The molecule has 0 fully saturated rings. The van der Waals surface area contributed by atoms with Gasteiger partial charge in [-0.2, -0.15) is 0 Å². The first kappa shape index (κ1) is 10.0. The molecule has 0 radical (unpaired) electrons. The number of nitrogens with zero attached hydrogens (tertiary/aromatic N) is 1. The Bertz CT molecular complexity index is 563. The van der Waals surface area contributed by atoms with Crippen molar-refractivity contribution in [2.75, 3.05) is 19.5 Å². The SMILES string of the molecule is COc1cc(-c2cc(N)no2)cc2c1OCC2. The van der Waals surface area contributed by atoms with Crippen LogP contribution < -0.4 is 15.2 Å². The van der Waals surface area contributed by atoms with Gasteiger partial charge in [0.25, 0.3) is 0 Å². The van der Waals surface area contributed by atoms with E-state index < -0.39 is 0 Å². The molecule has 1 aromatic heterocycles. The topological polar surface area (TPSA) is 70.5 Å². The van der Waals surface area contributed by atoms with Gasteiger partial charge in [0.05, 0.1) is 13.7 Å². The molecule has 0 unspecified atom stereocenters. The monoisotopic (exact) mass is 232 g/mol. The van der Waals surface area contributed by atoms with Gasteiger partial charge < -0.3 is 19.7 Å². The van der Waals surface area contributed by atoms with Crippen molar-refractivity contribution in [3.05, 3.63) is 23.8 Å². The Labute approximate surface area is 98.1 Å². The molecule has 0 bridgehead atoms. The Hall–Kier alpha value is -2.17. The second kappa shape index (κ2) is 3.69. The van der Waals surface area contributed by atoms with Crippen molar-refractivity contribution in [3.8, 4) is 22.8 Å². The molecule has 0 amide bonds. The number of rotatable bonds is 2. The van der Waals surface area contributed by atoms with Gasteiger partial charge in [-0.25, -0.2) is 0 Å². The van der Waals surface area contributed by atoms with Crippen LogP contribution in [0.2, 0.25) is 0 Å². The van der Waals surface area contributed by atoms with Gasteiger partial charge in [0.15, 0.2) is 23.1 Å². The van der Waals surface area contributed by atoms with E-state index in [9.17, 15) is 0 Å². The number of methoxy groups -OCH3 is 1. The van der Waals surface area contributed by atoms with E-state index in [1.54, 1.807) is 13.2 Å². The van der Waals surface area contributed by atoms with E-state index in [4.69, 9.17) is 19.7 Å². The summed E-state index contributed by atoms with van der Waals surface area (Å²) in [6.07, 6.45) is 0.878. The quantitative estimate of drug-likeness (QED) is 0.855. The van der Waals surface area contributed by atoms with Crippen molar-refractivity contribution in [1.82, 2.24) is 5.16 Å². The summed E-state index contributed by atoms with van der Waals surface area (Å²) in [4.78, 5) is 0. The lowest BCUT2D eigenvalue weighted by molar-refractivity contribution is 0.326. The zero-order valence-electron chi connectivity index (χ0n) is 9.40. The maximum atomic E-state index is 5.54. The van der Waals surface area contributed by atoms with E-state index in [2.05, 4.69) is 5.16 Å². The Morgan fingerprint density at radius 2 is 2.24 bits per heavy atom. The van der Waals surface area contributed by atoms with Gasteiger partial charge in [-0.1, -0.05) is 5.16 Å². The van der Waals surface area contributed by atoms with Crippen molar-refractivity contribution in [3.63, 3.8) is 0 Å². The van der Waals surface area contributed by atoms with Gasteiger partial charge in [-0.3, -0.25) is 0 Å². The Kier molecular flexibility index (Phi) is 2.18. The number of ether oxygens (including phenoxy) is 2. The summed E-state index contributed by atoms with van der Waals surface area (Å²) in [5.41, 5.74) is 7.56. The highest BCUT2D eigenvalue weighted by Gasteiger charge is 2.20. The van der Waals surface area contributed by atoms with Crippen molar-refractivity contribution in [2.24, 2.45) is 0 Å². The molecule has 0 saturated carbocycles. The molecule has 88 valence electrons. The highest BCUT2D eigenvalue weighted by atomic mass is 16.5. The van der Waals surface area contributed by atoms with Crippen LogP contribution in [0.4, 0.5) is 5.82 Å². The zero-order chi connectivity index (χ0) is 11.8. The molecule has 0 atom stereocenters. The number of hydrogen-bond donors (Lipinski definition) is 1. The molecule has 0 spiro atoms. The van der Waals surface area contributed by atoms with Gasteiger partial charge in [-0.05, 0) is 12.1 Å². The van der Waals surface area contributed by atoms with Crippen LogP contribution in [0.3, 0.4) is 0 Å². The van der Waals surface area contributed by atoms with Crippen LogP contribution >= 0.6 is 0 Å². The normalized spacial score (nSPS) is 13.2. The summed E-state index contributed by atoms with van der Waals surface area (Å²) in [5, 5.41) is 3.67.